The first-order valence-corrected chi connectivity index (χ1v) is 15.8. The fraction of sp³-hybridized carbons (Fsp3) is 0. The van der Waals surface area contributed by atoms with Gasteiger partial charge in [-0.25, -0.2) is 9.97 Å². The Morgan fingerprint density at radius 3 is 1.87 bits per heavy atom. The molecule has 0 atom stereocenters. The van der Waals surface area contributed by atoms with Crippen molar-refractivity contribution >= 4 is 87.5 Å². The molecule has 0 amide bonds. The largest absolute Gasteiger partial charge is 0.456 e. The predicted molar refractivity (Wildman–Crippen MR) is 191 cm³/mol. The van der Waals surface area contributed by atoms with Crippen molar-refractivity contribution in [2.75, 3.05) is 0 Å². The van der Waals surface area contributed by atoms with Gasteiger partial charge >= 0.3 is 0 Å². The second-order valence-corrected chi connectivity index (χ2v) is 12.1. The molecule has 0 spiro atoms. The van der Waals surface area contributed by atoms with Crippen LogP contribution in [-0.4, -0.2) is 14.5 Å². The highest BCUT2D eigenvalue weighted by molar-refractivity contribution is 6.40. The molecule has 47 heavy (non-hydrogen) atoms. The first-order chi connectivity index (χ1) is 23.3. The van der Waals surface area contributed by atoms with E-state index in [1.54, 1.807) is 0 Å². The summed E-state index contributed by atoms with van der Waals surface area (Å²) in [5.41, 5.74) is 9.01. The molecular weight excluding hydrogens is 578 g/mol. The summed E-state index contributed by atoms with van der Waals surface area (Å²) in [6.07, 6.45) is 0. The molecule has 0 saturated carbocycles. The molecule has 11 rings (SSSR count). The van der Waals surface area contributed by atoms with Gasteiger partial charge in [0.2, 0.25) is 0 Å². The van der Waals surface area contributed by atoms with Crippen LogP contribution in [0, 0.1) is 0 Å². The highest BCUT2D eigenvalue weighted by Gasteiger charge is 2.27. The lowest BCUT2D eigenvalue weighted by atomic mass is 9.95. The quantitative estimate of drug-likeness (QED) is 0.198. The molecule has 5 nitrogen and oxygen atoms in total. The zero-order chi connectivity index (χ0) is 30.6. The van der Waals surface area contributed by atoms with Gasteiger partial charge in [0.25, 0.3) is 0 Å². The summed E-state index contributed by atoms with van der Waals surface area (Å²) in [7, 11) is 0. The summed E-state index contributed by atoms with van der Waals surface area (Å²) in [5.74, 6) is 0.773. The van der Waals surface area contributed by atoms with Crippen molar-refractivity contribution in [2.24, 2.45) is 0 Å². The minimum Gasteiger partial charge on any atom is -0.456 e. The topological polar surface area (TPSA) is 57.0 Å². The van der Waals surface area contributed by atoms with Crippen molar-refractivity contribution in [3.8, 4) is 17.1 Å². The van der Waals surface area contributed by atoms with Crippen LogP contribution in [0.3, 0.4) is 0 Å². The fourth-order valence-corrected chi connectivity index (χ4v) is 7.62. The SMILES string of the molecule is c1ccc(-c2nc3ccccc3nc2-n2c3ccccc3c3c4oc5ccccc5c4c4c(ccc5oc6ccccc6c54)c32)cc1. The second-order valence-electron chi connectivity index (χ2n) is 12.1. The van der Waals surface area contributed by atoms with E-state index in [0.717, 1.165) is 105 Å². The van der Waals surface area contributed by atoms with Gasteiger partial charge in [0.15, 0.2) is 5.82 Å². The van der Waals surface area contributed by atoms with E-state index in [1.165, 1.54) is 0 Å². The number of para-hydroxylation sites is 5. The number of rotatable bonds is 2. The van der Waals surface area contributed by atoms with E-state index in [9.17, 15) is 0 Å². The number of nitrogens with zero attached hydrogens (tertiary/aromatic N) is 3. The van der Waals surface area contributed by atoms with E-state index in [0.29, 0.717) is 0 Å². The van der Waals surface area contributed by atoms with Crippen molar-refractivity contribution in [3.05, 3.63) is 140 Å². The zero-order valence-electron chi connectivity index (χ0n) is 24.9. The molecule has 4 aromatic heterocycles. The molecule has 0 saturated heterocycles. The second kappa shape index (κ2) is 9.05. The highest BCUT2D eigenvalue weighted by Crippen LogP contribution is 2.49. The van der Waals surface area contributed by atoms with Gasteiger partial charge < -0.3 is 8.83 Å². The van der Waals surface area contributed by atoms with Gasteiger partial charge in [0.05, 0.1) is 27.5 Å². The van der Waals surface area contributed by atoms with Crippen LogP contribution in [0.5, 0.6) is 0 Å². The van der Waals surface area contributed by atoms with Crippen LogP contribution < -0.4 is 0 Å². The van der Waals surface area contributed by atoms with Crippen molar-refractivity contribution in [1.29, 1.82) is 0 Å². The Hall–Kier alpha value is -6.46. The van der Waals surface area contributed by atoms with Gasteiger partial charge in [0.1, 0.15) is 28.0 Å². The smallest absolute Gasteiger partial charge is 0.165 e. The maximum atomic E-state index is 6.87. The molecule has 7 aromatic carbocycles. The van der Waals surface area contributed by atoms with Crippen LogP contribution >= 0.6 is 0 Å². The molecule has 0 N–H and O–H groups in total. The third-order valence-corrected chi connectivity index (χ3v) is 9.56. The van der Waals surface area contributed by atoms with Gasteiger partial charge in [-0.1, -0.05) is 97.1 Å². The van der Waals surface area contributed by atoms with E-state index in [1.807, 2.05) is 48.5 Å². The summed E-state index contributed by atoms with van der Waals surface area (Å²) < 4.78 is 15.6. The van der Waals surface area contributed by atoms with Crippen molar-refractivity contribution in [2.45, 2.75) is 0 Å². The molecule has 4 heterocycles. The predicted octanol–water partition coefficient (Wildman–Crippen LogP) is 11.3. The summed E-state index contributed by atoms with van der Waals surface area (Å²) >= 11 is 0. The molecule has 0 fully saturated rings. The Kier molecular flexibility index (Phi) is 4.78. The van der Waals surface area contributed by atoms with Crippen LogP contribution in [0.15, 0.2) is 148 Å². The van der Waals surface area contributed by atoms with Crippen molar-refractivity contribution in [3.63, 3.8) is 0 Å². The van der Waals surface area contributed by atoms with Crippen LogP contribution in [0.4, 0.5) is 0 Å². The number of hydrogen-bond acceptors (Lipinski definition) is 4. The van der Waals surface area contributed by atoms with E-state index < -0.39 is 0 Å². The number of fused-ring (bicyclic) bond motifs is 15. The minimum atomic E-state index is 0.773. The molecule has 0 aliphatic carbocycles. The van der Waals surface area contributed by atoms with E-state index in [-0.39, 0.29) is 0 Å². The number of furan rings is 2. The Bertz CT molecular complexity index is 3070. The van der Waals surface area contributed by atoms with Crippen molar-refractivity contribution < 1.29 is 8.83 Å². The molecule has 0 aliphatic rings. The molecule has 0 radical (unpaired) electrons. The lowest BCUT2D eigenvalue weighted by Gasteiger charge is -2.15. The molecule has 11 aromatic rings. The standard InChI is InChI=1S/C42H23N3O2/c1-2-12-24(13-3-1)39-42(44-30-18-8-7-17-29(30)43-39)45-31-19-9-4-14-25(31)38-40(45)28-22-23-34-35(26-15-5-10-20-32(26)46-34)36(28)37-27-16-6-11-21-33(27)47-41(37)38/h1-23H. The summed E-state index contributed by atoms with van der Waals surface area (Å²) in [4.78, 5) is 10.6. The van der Waals surface area contributed by atoms with Gasteiger partial charge in [-0.3, -0.25) is 4.57 Å². The highest BCUT2D eigenvalue weighted by atomic mass is 16.3. The van der Waals surface area contributed by atoms with E-state index in [2.05, 4.69) is 95.6 Å². The molecule has 218 valence electrons. The summed E-state index contributed by atoms with van der Waals surface area (Å²) in [5, 5.41) is 8.70. The first-order valence-electron chi connectivity index (χ1n) is 15.8. The van der Waals surface area contributed by atoms with Gasteiger partial charge in [-0.05, 0) is 42.5 Å². The van der Waals surface area contributed by atoms with Gasteiger partial charge in [0, 0.05) is 43.3 Å². The minimum absolute atomic E-state index is 0.773. The summed E-state index contributed by atoms with van der Waals surface area (Å²) in [6.45, 7) is 0. The van der Waals surface area contributed by atoms with Gasteiger partial charge in [-0.15, -0.1) is 0 Å². The normalized spacial score (nSPS) is 12.3. The monoisotopic (exact) mass is 601 g/mol. The maximum absolute atomic E-state index is 6.87. The number of hydrogen-bond donors (Lipinski definition) is 0. The lowest BCUT2D eigenvalue weighted by molar-refractivity contribution is 0.669. The molecule has 0 bridgehead atoms. The maximum Gasteiger partial charge on any atom is 0.165 e. The Morgan fingerprint density at radius 1 is 0.426 bits per heavy atom. The Balaban J connectivity index is 1.45. The Morgan fingerprint density at radius 2 is 1.06 bits per heavy atom. The van der Waals surface area contributed by atoms with Crippen LogP contribution in [0.2, 0.25) is 0 Å². The van der Waals surface area contributed by atoms with Crippen molar-refractivity contribution in [1.82, 2.24) is 14.5 Å². The van der Waals surface area contributed by atoms with Crippen LogP contribution in [0.25, 0.3) is 105 Å². The average Bonchev–Trinajstić information content (AvgIpc) is 3.81. The number of aromatic nitrogens is 3. The summed E-state index contributed by atoms with van der Waals surface area (Å²) in [6, 6.07) is 47.9. The van der Waals surface area contributed by atoms with E-state index >= 15 is 0 Å². The molecular formula is C42H23N3O2. The van der Waals surface area contributed by atoms with E-state index in [4.69, 9.17) is 18.8 Å². The third-order valence-electron chi connectivity index (χ3n) is 9.56. The fourth-order valence-electron chi connectivity index (χ4n) is 7.62. The first kappa shape index (κ1) is 24.8. The Labute approximate surface area is 266 Å². The molecule has 0 unspecified atom stereocenters. The van der Waals surface area contributed by atoms with Crippen LogP contribution in [0.1, 0.15) is 0 Å². The average molecular weight is 602 g/mol. The van der Waals surface area contributed by atoms with Gasteiger partial charge in [-0.2, -0.15) is 0 Å². The van der Waals surface area contributed by atoms with Crippen LogP contribution in [-0.2, 0) is 0 Å². The molecule has 5 heteroatoms. The molecule has 0 aliphatic heterocycles. The zero-order valence-corrected chi connectivity index (χ0v) is 24.9. The number of benzene rings is 7. The lowest BCUT2D eigenvalue weighted by Crippen LogP contribution is -2.04. The third kappa shape index (κ3) is 3.27.